The number of halogens is 1. The average molecular weight is 363 g/mol. The number of nitrogens with one attached hydrogen (secondary N) is 2. The second-order valence-corrected chi connectivity index (χ2v) is 5.56. The highest BCUT2D eigenvalue weighted by Gasteiger charge is 2.22. The van der Waals surface area contributed by atoms with E-state index in [4.69, 9.17) is 9.15 Å². The van der Waals surface area contributed by atoms with Crippen molar-refractivity contribution in [2.24, 2.45) is 0 Å². The highest BCUT2D eigenvalue weighted by atomic mass is 19.1. The van der Waals surface area contributed by atoms with Crippen LogP contribution >= 0.6 is 0 Å². The maximum atomic E-state index is 14.1. The Balaban J connectivity index is 1.72. The molecule has 0 atom stereocenters. The largest absolute Gasteiger partial charge is 0.478 e. The first-order chi connectivity index (χ1) is 12.5. The molecule has 1 aromatic heterocycles. The average Bonchev–Trinajstić information content (AvgIpc) is 3.06. The zero-order chi connectivity index (χ0) is 18.7. The van der Waals surface area contributed by atoms with Gasteiger partial charge in [0, 0.05) is 24.7 Å². The number of nitrogens with zero attached hydrogens (tertiary/aromatic N) is 3. The van der Waals surface area contributed by atoms with Gasteiger partial charge in [-0.2, -0.15) is 0 Å². The zero-order valence-electron chi connectivity index (χ0n) is 14.3. The molecule has 10 heteroatoms. The summed E-state index contributed by atoms with van der Waals surface area (Å²) in [7, 11) is 0. The fourth-order valence-corrected chi connectivity index (χ4v) is 2.42. The first-order valence-corrected chi connectivity index (χ1v) is 8.13. The Bertz CT molecular complexity index is 838. The summed E-state index contributed by atoms with van der Waals surface area (Å²) in [6, 6.07) is 2.10. The van der Waals surface area contributed by atoms with Gasteiger partial charge in [0.25, 0.3) is 5.91 Å². The molecule has 0 saturated heterocycles. The van der Waals surface area contributed by atoms with E-state index in [1.165, 1.54) is 11.0 Å². The maximum Gasteiger partial charge on any atom is 0.322 e. The van der Waals surface area contributed by atoms with E-state index >= 15 is 0 Å². The van der Waals surface area contributed by atoms with E-state index in [0.717, 1.165) is 6.07 Å². The number of amides is 3. The second-order valence-electron chi connectivity index (χ2n) is 5.56. The lowest BCUT2D eigenvalue weighted by molar-refractivity contribution is -0.118. The minimum Gasteiger partial charge on any atom is -0.478 e. The SMILES string of the molecule is CCc1nnc(CN(CC)C(=O)Nc2cc(F)c3c(c2)NC(=O)CO3)o1. The maximum absolute atomic E-state index is 14.1. The van der Waals surface area contributed by atoms with Crippen LogP contribution in [0, 0.1) is 5.82 Å². The van der Waals surface area contributed by atoms with Crippen LogP contribution in [-0.2, 0) is 17.8 Å². The lowest BCUT2D eigenvalue weighted by Gasteiger charge is -2.22. The highest BCUT2D eigenvalue weighted by molar-refractivity contribution is 5.97. The minimum atomic E-state index is -0.676. The van der Waals surface area contributed by atoms with Crippen LogP contribution in [0.5, 0.6) is 5.75 Å². The van der Waals surface area contributed by atoms with Crippen LogP contribution in [0.3, 0.4) is 0 Å². The van der Waals surface area contributed by atoms with Gasteiger partial charge in [0.1, 0.15) is 6.54 Å². The molecule has 138 valence electrons. The summed E-state index contributed by atoms with van der Waals surface area (Å²) in [6.45, 7) is 3.93. The zero-order valence-corrected chi connectivity index (χ0v) is 14.3. The number of hydrogen-bond acceptors (Lipinski definition) is 6. The molecule has 2 heterocycles. The summed E-state index contributed by atoms with van der Waals surface area (Å²) in [4.78, 5) is 25.3. The van der Waals surface area contributed by atoms with Gasteiger partial charge in [-0.15, -0.1) is 10.2 Å². The number of rotatable bonds is 5. The number of benzene rings is 1. The predicted molar refractivity (Wildman–Crippen MR) is 89.3 cm³/mol. The Morgan fingerprint density at radius 2 is 2.12 bits per heavy atom. The van der Waals surface area contributed by atoms with Crippen LogP contribution in [0.1, 0.15) is 25.6 Å². The van der Waals surface area contributed by atoms with E-state index in [0.29, 0.717) is 24.7 Å². The number of aromatic nitrogens is 2. The summed E-state index contributed by atoms with van der Waals surface area (Å²) in [5.41, 5.74) is 0.361. The van der Waals surface area contributed by atoms with Gasteiger partial charge < -0.3 is 24.7 Å². The topological polar surface area (TPSA) is 110 Å². The third-order valence-electron chi connectivity index (χ3n) is 3.72. The number of anilines is 2. The Morgan fingerprint density at radius 3 is 2.81 bits per heavy atom. The van der Waals surface area contributed by atoms with Crippen LogP contribution in [-0.4, -0.2) is 40.2 Å². The van der Waals surface area contributed by atoms with E-state index in [1.54, 1.807) is 6.92 Å². The molecule has 9 nitrogen and oxygen atoms in total. The van der Waals surface area contributed by atoms with Crippen LogP contribution in [0.15, 0.2) is 16.5 Å². The van der Waals surface area contributed by atoms with Crippen LogP contribution < -0.4 is 15.4 Å². The molecular formula is C16H18FN5O4. The molecule has 2 N–H and O–H groups in total. The molecule has 0 fully saturated rings. The summed E-state index contributed by atoms with van der Waals surface area (Å²) in [6.07, 6.45) is 0.605. The van der Waals surface area contributed by atoms with Gasteiger partial charge in [-0.1, -0.05) is 6.92 Å². The monoisotopic (exact) mass is 363 g/mol. The molecule has 0 radical (unpaired) electrons. The van der Waals surface area contributed by atoms with E-state index in [2.05, 4.69) is 20.8 Å². The first-order valence-electron chi connectivity index (χ1n) is 8.13. The summed E-state index contributed by atoms with van der Waals surface area (Å²) in [5.74, 6) is -0.308. The van der Waals surface area contributed by atoms with Crippen molar-refractivity contribution in [1.29, 1.82) is 0 Å². The van der Waals surface area contributed by atoms with Crippen molar-refractivity contribution in [3.63, 3.8) is 0 Å². The summed E-state index contributed by atoms with van der Waals surface area (Å²) >= 11 is 0. The Morgan fingerprint density at radius 1 is 1.35 bits per heavy atom. The van der Waals surface area contributed by atoms with E-state index in [1.807, 2.05) is 6.92 Å². The molecule has 1 aliphatic rings. The molecule has 0 saturated carbocycles. The van der Waals surface area contributed by atoms with Gasteiger partial charge in [0.15, 0.2) is 18.2 Å². The quantitative estimate of drug-likeness (QED) is 0.842. The van der Waals surface area contributed by atoms with Crippen LogP contribution in [0.2, 0.25) is 0 Å². The summed E-state index contributed by atoms with van der Waals surface area (Å²) in [5, 5.41) is 12.8. The molecule has 0 bridgehead atoms. The smallest absolute Gasteiger partial charge is 0.322 e. The number of ether oxygens (including phenoxy) is 1. The fourth-order valence-electron chi connectivity index (χ4n) is 2.42. The predicted octanol–water partition coefficient (Wildman–Crippen LogP) is 2.16. The number of carbonyl (C=O) groups excluding carboxylic acids is 2. The van der Waals surface area contributed by atoms with Gasteiger partial charge in [-0.3, -0.25) is 4.79 Å². The molecule has 0 unspecified atom stereocenters. The fraction of sp³-hybridized carbons (Fsp3) is 0.375. The number of fused-ring (bicyclic) bond motifs is 1. The Kier molecular flexibility index (Phi) is 5.01. The minimum absolute atomic E-state index is 0.0482. The van der Waals surface area contributed by atoms with Gasteiger partial charge in [-0.05, 0) is 13.0 Å². The number of carbonyl (C=O) groups is 2. The van der Waals surface area contributed by atoms with Crippen LogP contribution in [0.4, 0.5) is 20.6 Å². The van der Waals surface area contributed by atoms with Gasteiger partial charge in [0.05, 0.1) is 5.69 Å². The van der Waals surface area contributed by atoms with E-state index in [-0.39, 0.29) is 30.3 Å². The van der Waals surface area contributed by atoms with Crippen molar-refractivity contribution in [3.05, 3.63) is 29.7 Å². The molecular weight excluding hydrogens is 345 g/mol. The van der Waals surface area contributed by atoms with Crippen molar-refractivity contribution < 1.29 is 23.1 Å². The Labute approximate surface area is 148 Å². The number of aryl methyl sites for hydroxylation is 1. The van der Waals surface area contributed by atoms with Gasteiger partial charge in [0.2, 0.25) is 11.8 Å². The van der Waals surface area contributed by atoms with Crippen molar-refractivity contribution in [2.45, 2.75) is 26.8 Å². The standard InChI is InChI=1S/C16H18FN5O4/c1-3-13-20-21-14(26-13)7-22(4-2)16(24)18-9-5-10(17)15-11(6-9)19-12(23)8-25-15/h5-6H,3-4,7-8H2,1-2H3,(H,18,24)(H,19,23). The van der Waals surface area contributed by atoms with Crippen molar-refractivity contribution in [1.82, 2.24) is 15.1 Å². The molecule has 26 heavy (non-hydrogen) atoms. The lowest BCUT2D eigenvalue weighted by Crippen LogP contribution is -2.34. The molecule has 0 aliphatic carbocycles. The summed E-state index contributed by atoms with van der Waals surface area (Å²) < 4.78 is 24.6. The van der Waals surface area contributed by atoms with Gasteiger partial charge in [-0.25, -0.2) is 9.18 Å². The lowest BCUT2D eigenvalue weighted by atomic mass is 10.2. The third-order valence-corrected chi connectivity index (χ3v) is 3.72. The molecule has 3 rings (SSSR count). The van der Waals surface area contributed by atoms with E-state index < -0.39 is 17.8 Å². The molecule has 0 spiro atoms. The van der Waals surface area contributed by atoms with Gasteiger partial charge >= 0.3 is 6.03 Å². The molecule has 3 amide bonds. The van der Waals surface area contributed by atoms with Crippen molar-refractivity contribution >= 4 is 23.3 Å². The van der Waals surface area contributed by atoms with Crippen molar-refractivity contribution in [2.75, 3.05) is 23.8 Å². The molecule has 1 aliphatic heterocycles. The molecule has 1 aromatic carbocycles. The number of hydrogen-bond donors (Lipinski definition) is 2. The normalized spacial score (nSPS) is 12.8. The van der Waals surface area contributed by atoms with Crippen molar-refractivity contribution in [3.8, 4) is 5.75 Å². The first kappa shape index (κ1) is 17.6. The van der Waals surface area contributed by atoms with E-state index in [9.17, 15) is 14.0 Å². The second kappa shape index (κ2) is 7.38. The molecule has 2 aromatic rings. The number of urea groups is 1. The van der Waals surface area contributed by atoms with Crippen LogP contribution in [0.25, 0.3) is 0 Å². The third kappa shape index (κ3) is 3.73. The highest BCUT2D eigenvalue weighted by Crippen LogP contribution is 2.33. The Hall–Kier alpha value is -3.17.